The summed E-state index contributed by atoms with van der Waals surface area (Å²) < 4.78 is 0. The molecule has 4 N–H and O–H groups in total. The SMILES string of the molecule is CC1(C)CC(Nc2cccnc2)CC(C)(C)N1.O=C(O)/C=C/C(=O)O. The molecule has 1 aliphatic heterocycles. The van der Waals surface area contributed by atoms with Crippen molar-refractivity contribution in [2.45, 2.75) is 57.7 Å². The van der Waals surface area contributed by atoms with Gasteiger partial charge in [0, 0.05) is 41.7 Å². The van der Waals surface area contributed by atoms with Gasteiger partial charge in [-0.05, 0) is 52.7 Å². The van der Waals surface area contributed by atoms with Crippen LogP contribution in [0.25, 0.3) is 0 Å². The van der Waals surface area contributed by atoms with Crippen LogP contribution in [-0.4, -0.2) is 44.3 Å². The molecule has 1 aromatic rings. The summed E-state index contributed by atoms with van der Waals surface area (Å²) in [5.41, 5.74) is 1.48. The van der Waals surface area contributed by atoms with Crippen molar-refractivity contribution in [1.29, 1.82) is 0 Å². The van der Waals surface area contributed by atoms with E-state index in [0.29, 0.717) is 18.2 Å². The second-order valence-electron chi connectivity index (χ2n) is 7.39. The van der Waals surface area contributed by atoms with E-state index in [9.17, 15) is 9.59 Å². The van der Waals surface area contributed by atoms with Gasteiger partial charge in [-0.25, -0.2) is 9.59 Å². The minimum Gasteiger partial charge on any atom is -0.478 e. The molecule has 1 saturated heterocycles. The van der Waals surface area contributed by atoms with Crippen LogP contribution < -0.4 is 10.6 Å². The van der Waals surface area contributed by atoms with Crippen molar-refractivity contribution in [1.82, 2.24) is 10.3 Å². The van der Waals surface area contributed by atoms with Crippen LogP contribution in [0.4, 0.5) is 5.69 Å². The Morgan fingerprint density at radius 3 is 2.08 bits per heavy atom. The fourth-order valence-corrected chi connectivity index (χ4v) is 3.25. The van der Waals surface area contributed by atoms with Gasteiger partial charge in [-0.15, -0.1) is 0 Å². The fraction of sp³-hybridized carbons (Fsp3) is 0.500. The van der Waals surface area contributed by atoms with Gasteiger partial charge in [0.05, 0.1) is 5.69 Å². The van der Waals surface area contributed by atoms with Crippen molar-refractivity contribution in [3.63, 3.8) is 0 Å². The second kappa shape index (κ2) is 8.62. The number of hydrogen-bond donors (Lipinski definition) is 4. The molecule has 1 fully saturated rings. The molecule has 0 aliphatic carbocycles. The molecule has 0 spiro atoms. The van der Waals surface area contributed by atoms with E-state index < -0.39 is 11.9 Å². The van der Waals surface area contributed by atoms with E-state index >= 15 is 0 Å². The first-order valence-electron chi connectivity index (χ1n) is 8.09. The third kappa shape index (κ3) is 8.85. The lowest BCUT2D eigenvalue weighted by Crippen LogP contribution is -2.60. The van der Waals surface area contributed by atoms with Crippen LogP contribution in [0.5, 0.6) is 0 Å². The monoisotopic (exact) mass is 349 g/mol. The average molecular weight is 349 g/mol. The van der Waals surface area contributed by atoms with E-state index in [1.165, 1.54) is 0 Å². The summed E-state index contributed by atoms with van der Waals surface area (Å²) in [6.07, 6.45) is 7.07. The maximum Gasteiger partial charge on any atom is 0.328 e. The Balaban J connectivity index is 0.000000333. The Morgan fingerprint density at radius 1 is 1.16 bits per heavy atom. The highest BCUT2D eigenvalue weighted by Crippen LogP contribution is 2.30. The van der Waals surface area contributed by atoms with Gasteiger partial charge in [-0.1, -0.05) is 0 Å². The number of hydrogen-bond acceptors (Lipinski definition) is 5. The van der Waals surface area contributed by atoms with Gasteiger partial charge in [0.25, 0.3) is 0 Å². The smallest absolute Gasteiger partial charge is 0.328 e. The first-order chi connectivity index (χ1) is 11.5. The third-order valence-corrected chi connectivity index (χ3v) is 3.59. The highest BCUT2D eigenvalue weighted by atomic mass is 16.4. The third-order valence-electron chi connectivity index (χ3n) is 3.59. The second-order valence-corrected chi connectivity index (χ2v) is 7.39. The zero-order valence-corrected chi connectivity index (χ0v) is 15.1. The molecule has 138 valence electrons. The maximum atomic E-state index is 9.55. The van der Waals surface area contributed by atoms with E-state index in [0.717, 1.165) is 18.5 Å². The van der Waals surface area contributed by atoms with Crippen LogP contribution in [0, 0.1) is 0 Å². The Bertz CT molecular complexity index is 580. The topological polar surface area (TPSA) is 112 Å². The minimum atomic E-state index is -1.26. The van der Waals surface area contributed by atoms with Crippen molar-refractivity contribution in [2.75, 3.05) is 5.32 Å². The van der Waals surface area contributed by atoms with Gasteiger partial charge in [0.1, 0.15) is 0 Å². The molecule has 25 heavy (non-hydrogen) atoms. The first kappa shape index (κ1) is 20.6. The molecule has 0 atom stereocenters. The molecule has 2 rings (SSSR count). The lowest BCUT2D eigenvalue weighted by Gasteiger charge is -2.46. The maximum absolute atomic E-state index is 9.55. The molecular weight excluding hydrogens is 322 g/mol. The van der Waals surface area contributed by atoms with Gasteiger partial charge in [-0.2, -0.15) is 0 Å². The quantitative estimate of drug-likeness (QED) is 0.618. The summed E-state index contributed by atoms with van der Waals surface area (Å²) in [6, 6.07) is 4.56. The van der Waals surface area contributed by atoms with Crippen LogP contribution in [0.2, 0.25) is 0 Å². The molecule has 0 aromatic carbocycles. The number of piperidine rings is 1. The number of aromatic nitrogens is 1. The summed E-state index contributed by atoms with van der Waals surface area (Å²) in [7, 11) is 0. The number of aliphatic carboxylic acids is 2. The van der Waals surface area contributed by atoms with Crippen molar-refractivity contribution < 1.29 is 19.8 Å². The summed E-state index contributed by atoms with van der Waals surface area (Å²) in [6.45, 7) is 9.08. The van der Waals surface area contributed by atoms with E-state index in [1.54, 1.807) is 0 Å². The largest absolute Gasteiger partial charge is 0.478 e. The van der Waals surface area contributed by atoms with Crippen molar-refractivity contribution in [3.8, 4) is 0 Å². The van der Waals surface area contributed by atoms with Gasteiger partial charge in [-0.3, -0.25) is 4.98 Å². The number of rotatable bonds is 4. The molecule has 7 heteroatoms. The van der Waals surface area contributed by atoms with Gasteiger partial charge >= 0.3 is 11.9 Å². The molecule has 0 unspecified atom stereocenters. The van der Waals surface area contributed by atoms with Gasteiger partial charge < -0.3 is 20.8 Å². The zero-order chi connectivity index (χ0) is 19.1. The van der Waals surface area contributed by atoms with E-state index in [4.69, 9.17) is 10.2 Å². The van der Waals surface area contributed by atoms with E-state index in [-0.39, 0.29) is 11.1 Å². The number of nitrogens with one attached hydrogen (secondary N) is 2. The predicted molar refractivity (Wildman–Crippen MR) is 96.6 cm³/mol. The van der Waals surface area contributed by atoms with Gasteiger partial charge in [0.2, 0.25) is 0 Å². The number of carboxylic acids is 2. The molecule has 0 bridgehead atoms. The zero-order valence-electron chi connectivity index (χ0n) is 15.1. The molecule has 0 amide bonds. The minimum absolute atomic E-state index is 0.182. The number of pyridine rings is 1. The number of nitrogens with zero attached hydrogens (tertiary/aromatic N) is 1. The van der Waals surface area contributed by atoms with Crippen molar-refractivity contribution in [2.24, 2.45) is 0 Å². The Morgan fingerprint density at radius 2 is 1.68 bits per heavy atom. The van der Waals surface area contributed by atoms with Crippen LogP contribution >= 0.6 is 0 Å². The molecule has 0 saturated carbocycles. The summed E-state index contributed by atoms with van der Waals surface area (Å²) in [5.74, 6) is -2.51. The number of carboxylic acid groups (broad SMARTS) is 2. The lowest BCUT2D eigenvalue weighted by molar-refractivity contribution is -0.134. The standard InChI is InChI=1S/C14H23N3.C4H4O4/c1-13(2)8-12(9-14(3,4)17-13)16-11-6-5-7-15-10-11;5-3(6)1-2-4(7)8/h5-7,10,12,16-17H,8-9H2,1-4H3;1-2H,(H,5,6)(H,7,8)/b;2-1+. The van der Waals surface area contributed by atoms with Crippen LogP contribution in [0.1, 0.15) is 40.5 Å². The summed E-state index contributed by atoms with van der Waals surface area (Å²) in [5, 5.41) is 22.9. The van der Waals surface area contributed by atoms with Crippen LogP contribution in [0.3, 0.4) is 0 Å². The first-order valence-corrected chi connectivity index (χ1v) is 8.09. The Labute approximate surface area is 148 Å². The number of carbonyl (C=O) groups is 2. The molecular formula is C18H27N3O4. The average Bonchev–Trinajstić information content (AvgIpc) is 2.43. The summed E-state index contributed by atoms with van der Waals surface area (Å²) >= 11 is 0. The van der Waals surface area contributed by atoms with Crippen LogP contribution in [-0.2, 0) is 9.59 Å². The molecule has 2 heterocycles. The predicted octanol–water partition coefficient (Wildman–Crippen LogP) is 2.51. The van der Waals surface area contributed by atoms with Crippen molar-refractivity contribution >= 4 is 17.6 Å². The number of anilines is 1. The highest BCUT2D eigenvalue weighted by Gasteiger charge is 2.37. The summed E-state index contributed by atoms with van der Waals surface area (Å²) in [4.78, 5) is 23.3. The Kier molecular flexibility index (Phi) is 7.11. The Hall–Kier alpha value is -2.41. The molecule has 0 radical (unpaired) electrons. The van der Waals surface area contributed by atoms with Gasteiger partial charge in [0.15, 0.2) is 0 Å². The molecule has 1 aliphatic rings. The van der Waals surface area contributed by atoms with E-state index in [1.807, 2.05) is 18.5 Å². The molecule has 1 aromatic heterocycles. The van der Waals surface area contributed by atoms with E-state index in [2.05, 4.69) is 49.4 Å². The normalized spacial score (nSPS) is 18.9. The van der Waals surface area contributed by atoms with Crippen molar-refractivity contribution in [3.05, 3.63) is 36.7 Å². The van der Waals surface area contributed by atoms with Crippen LogP contribution in [0.15, 0.2) is 36.7 Å². The highest BCUT2D eigenvalue weighted by molar-refractivity contribution is 5.89. The fourth-order valence-electron chi connectivity index (χ4n) is 3.25. The molecule has 7 nitrogen and oxygen atoms in total. The lowest BCUT2D eigenvalue weighted by atomic mass is 9.79.